The van der Waals surface area contributed by atoms with E-state index in [1.54, 1.807) is 0 Å². The molecule has 0 atom stereocenters. The van der Waals surface area contributed by atoms with Crippen LogP contribution in [0.3, 0.4) is 0 Å². The van der Waals surface area contributed by atoms with E-state index in [0.717, 1.165) is 37.1 Å². The minimum Gasteiger partial charge on any atom is -0.334 e. The van der Waals surface area contributed by atoms with Gasteiger partial charge in [-0.05, 0) is 36.8 Å². The van der Waals surface area contributed by atoms with Crippen molar-refractivity contribution in [1.82, 2.24) is 15.1 Å². The standard InChI is InChI=1S/C11H16ClN3OS/c1-7(2)5-6-15(8-3-4-8)10(16)9-13-14-11(12)17-9/h7-8H,3-6H2,1-2H3. The SMILES string of the molecule is CC(C)CCN(C(=O)c1nnc(Cl)s1)C1CC1. The van der Waals surface area contributed by atoms with Gasteiger partial charge < -0.3 is 4.90 Å². The van der Waals surface area contributed by atoms with Crippen LogP contribution in [0.15, 0.2) is 0 Å². The highest BCUT2D eigenvalue weighted by molar-refractivity contribution is 7.17. The second kappa shape index (κ2) is 5.31. The predicted molar refractivity (Wildman–Crippen MR) is 68.4 cm³/mol. The summed E-state index contributed by atoms with van der Waals surface area (Å²) in [6.45, 7) is 5.13. The smallest absolute Gasteiger partial charge is 0.285 e. The first kappa shape index (κ1) is 12.8. The van der Waals surface area contributed by atoms with Crippen molar-refractivity contribution in [2.24, 2.45) is 5.92 Å². The second-order valence-corrected chi connectivity index (χ2v) is 6.33. The Kier molecular flexibility index (Phi) is 3.99. The summed E-state index contributed by atoms with van der Waals surface area (Å²) in [6.07, 6.45) is 3.24. The molecule has 1 heterocycles. The van der Waals surface area contributed by atoms with Gasteiger partial charge >= 0.3 is 0 Å². The summed E-state index contributed by atoms with van der Waals surface area (Å²) in [6, 6.07) is 0.406. The lowest BCUT2D eigenvalue weighted by Crippen LogP contribution is -2.34. The molecule has 6 heteroatoms. The van der Waals surface area contributed by atoms with Crippen LogP contribution in [0, 0.1) is 5.92 Å². The molecule has 17 heavy (non-hydrogen) atoms. The van der Waals surface area contributed by atoms with Gasteiger partial charge in [-0.25, -0.2) is 0 Å². The molecule has 0 N–H and O–H groups in total. The van der Waals surface area contributed by atoms with Crippen LogP contribution >= 0.6 is 22.9 Å². The van der Waals surface area contributed by atoms with Crippen molar-refractivity contribution in [2.75, 3.05) is 6.54 Å². The van der Waals surface area contributed by atoms with E-state index in [9.17, 15) is 4.79 Å². The summed E-state index contributed by atoms with van der Waals surface area (Å²) in [7, 11) is 0. The largest absolute Gasteiger partial charge is 0.334 e. The zero-order chi connectivity index (χ0) is 12.4. The Morgan fingerprint density at radius 3 is 2.71 bits per heavy atom. The van der Waals surface area contributed by atoms with Crippen LogP contribution in [0.4, 0.5) is 0 Å². The molecule has 1 aliphatic carbocycles. The Morgan fingerprint density at radius 1 is 1.53 bits per heavy atom. The third-order valence-corrected chi connectivity index (χ3v) is 3.79. The third kappa shape index (κ3) is 3.39. The average molecular weight is 274 g/mol. The lowest BCUT2D eigenvalue weighted by Gasteiger charge is -2.21. The van der Waals surface area contributed by atoms with Crippen molar-refractivity contribution in [2.45, 2.75) is 39.2 Å². The van der Waals surface area contributed by atoms with E-state index in [1.807, 2.05) is 4.90 Å². The molecular weight excluding hydrogens is 258 g/mol. The normalized spacial score (nSPS) is 15.3. The summed E-state index contributed by atoms with van der Waals surface area (Å²) >= 11 is 6.86. The highest BCUT2D eigenvalue weighted by atomic mass is 35.5. The van der Waals surface area contributed by atoms with Gasteiger partial charge in [0.2, 0.25) is 9.47 Å². The predicted octanol–water partition coefficient (Wildman–Crippen LogP) is 2.84. The third-order valence-electron chi connectivity index (χ3n) is 2.78. The summed E-state index contributed by atoms with van der Waals surface area (Å²) < 4.78 is 0.327. The Balaban J connectivity index is 2.02. The van der Waals surface area contributed by atoms with Crippen LogP contribution in [0.2, 0.25) is 4.47 Å². The van der Waals surface area contributed by atoms with E-state index in [0.29, 0.717) is 21.4 Å². The molecule has 1 aromatic heterocycles. The maximum absolute atomic E-state index is 12.2. The number of carbonyl (C=O) groups excluding carboxylic acids is 1. The van der Waals surface area contributed by atoms with Gasteiger partial charge in [-0.2, -0.15) is 0 Å². The van der Waals surface area contributed by atoms with Crippen molar-refractivity contribution >= 4 is 28.8 Å². The number of rotatable bonds is 5. The lowest BCUT2D eigenvalue weighted by atomic mass is 10.1. The van der Waals surface area contributed by atoms with Crippen LogP contribution in [0.25, 0.3) is 0 Å². The number of hydrogen-bond donors (Lipinski definition) is 0. The van der Waals surface area contributed by atoms with Gasteiger partial charge in [0.25, 0.3) is 5.91 Å². The second-order valence-electron chi connectivity index (χ2n) is 4.77. The molecule has 1 saturated carbocycles. The topological polar surface area (TPSA) is 46.1 Å². The molecule has 1 fully saturated rings. The van der Waals surface area contributed by atoms with Gasteiger partial charge in [-0.3, -0.25) is 4.79 Å². The van der Waals surface area contributed by atoms with E-state index in [4.69, 9.17) is 11.6 Å². The molecule has 2 rings (SSSR count). The van der Waals surface area contributed by atoms with Gasteiger partial charge in [-0.1, -0.05) is 25.2 Å². The molecule has 0 aromatic carbocycles. The molecule has 1 aromatic rings. The maximum Gasteiger partial charge on any atom is 0.285 e. The van der Waals surface area contributed by atoms with Gasteiger partial charge in [-0.15, -0.1) is 10.2 Å². The Hall–Kier alpha value is -0.680. The van der Waals surface area contributed by atoms with Gasteiger partial charge in [0.15, 0.2) is 0 Å². The first-order valence-electron chi connectivity index (χ1n) is 5.88. The number of nitrogens with zero attached hydrogens (tertiary/aromatic N) is 3. The zero-order valence-corrected chi connectivity index (χ0v) is 11.6. The van der Waals surface area contributed by atoms with Crippen LogP contribution in [-0.4, -0.2) is 33.6 Å². The molecule has 0 radical (unpaired) electrons. The Bertz CT molecular complexity index is 403. The molecule has 0 spiro atoms. The Labute approximate surface area is 110 Å². The highest BCUT2D eigenvalue weighted by Gasteiger charge is 2.34. The fourth-order valence-electron chi connectivity index (χ4n) is 1.65. The minimum atomic E-state index is -0.0162. The molecular formula is C11H16ClN3OS. The molecule has 0 unspecified atom stereocenters. The summed E-state index contributed by atoms with van der Waals surface area (Å²) in [5.41, 5.74) is 0. The van der Waals surface area contributed by atoms with Crippen LogP contribution in [0.1, 0.15) is 42.9 Å². The van der Waals surface area contributed by atoms with Crippen molar-refractivity contribution < 1.29 is 4.79 Å². The number of halogens is 1. The van der Waals surface area contributed by atoms with E-state index in [2.05, 4.69) is 24.0 Å². The van der Waals surface area contributed by atoms with Crippen LogP contribution in [-0.2, 0) is 0 Å². The fourth-order valence-corrected chi connectivity index (χ4v) is 2.43. The molecule has 1 amide bonds. The van der Waals surface area contributed by atoms with Crippen LogP contribution in [0.5, 0.6) is 0 Å². The lowest BCUT2D eigenvalue weighted by molar-refractivity contribution is 0.0734. The number of amides is 1. The first-order chi connectivity index (χ1) is 8.08. The van der Waals surface area contributed by atoms with Crippen molar-refractivity contribution in [3.8, 4) is 0 Å². The van der Waals surface area contributed by atoms with Crippen LogP contribution < -0.4 is 0 Å². The molecule has 4 nitrogen and oxygen atoms in total. The molecule has 0 saturated heterocycles. The summed E-state index contributed by atoms with van der Waals surface area (Å²) in [5.74, 6) is 0.583. The van der Waals surface area contributed by atoms with E-state index in [1.165, 1.54) is 0 Å². The number of aromatic nitrogens is 2. The summed E-state index contributed by atoms with van der Waals surface area (Å²) in [5, 5.41) is 7.91. The number of hydrogen-bond acceptors (Lipinski definition) is 4. The van der Waals surface area contributed by atoms with Crippen molar-refractivity contribution in [3.63, 3.8) is 0 Å². The summed E-state index contributed by atoms with van der Waals surface area (Å²) in [4.78, 5) is 14.2. The average Bonchev–Trinajstić information content (AvgIpc) is 3.00. The van der Waals surface area contributed by atoms with E-state index in [-0.39, 0.29) is 5.91 Å². The van der Waals surface area contributed by atoms with Crippen molar-refractivity contribution in [1.29, 1.82) is 0 Å². The van der Waals surface area contributed by atoms with Gasteiger partial charge in [0, 0.05) is 12.6 Å². The van der Waals surface area contributed by atoms with Gasteiger partial charge in [0.05, 0.1) is 0 Å². The Morgan fingerprint density at radius 2 is 2.24 bits per heavy atom. The molecule has 0 bridgehead atoms. The molecule has 0 aliphatic heterocycles. The van der Waals surface area contributed by atoms with Gasteiger partial charge in [0.1, 0.15) is 0 Å². The minimum absolute atomic E-state index is 0.0162. The van der Waals surface area contributed by atoms with E-state index >= 15 is 0 Å². The monoisotopic (exact) mass is 273 g/mol. The maximum atomic E-state index is 12.2. The number of carbonyl (C=O) groups is 1. The molecule has 1 aliphatic rings. The van der Waals surface area contributed by atoms with E-state index < -0.39 is 0 Å². The quantitative estimate of drug-likeness (QED) is 0.829. The first-order valence-corrected chi connectivity index (χ1v) is 7.07. The van der Waals surface area contributed by atoms with Crippen molar-refractivity contribution in [3.05, 3.63) is 9.47 Å². The molecule has 94 valence electrons. The zero-order valence-electron chi connectivity index (χ0n) is 10.0. The fraction of sp³-hybridized carbons (Fsp3) is 0.727. The highest BCUT2D eigenvalue weighted by Crippen LogP contribution is 2.29.